The molecule has 1 fully saturated rings. The molecular weight excluding hydrogens is 236 g/mol. The lowest BCUT2D eigenvalue weighted by molar-refractivity contribution is -0.142. The first kappa shape index (κ1) is 14.8. The average molecular weight is 258 g/mol. The van der Waals surface area contributed by atoms with Crippen molar-refractivity contribution < 1.29 is 19.4 Å². The quantitative estimate of drug-likeness (QED) is 0.723. The van der Waals surface area contributed by atoms with Crippen LogP contribution < -0.4 is 5.32 Å². The van der Waals surface area contributed by atoms with Gasteiger partial charge in [0.1, 0.15) is 6.04 Å². The topological polar surface area (TPSA) is 78.9 Å². The second-order valence-electron chi connectivity index (χ2n) is 4.33. The molecule has 18 heavy (non-hydrogen) atoms. The van der Waals surface area contributed by atoms with Gasteiger partial charge in [-0.1, -0.05) is 12.8 Å². The number of hydrogen-bond donors (Lipinski definition) is 2. The highest BCUT2D eigenvalue weighted by Crippen LogP contribution is 2.17. The Labute approximate surface area is 107 Å². The molecule has 2 N–H and O–H groups in total. The summed E-state index contributed by atoms with van der Waals surface area (Å²) in [6, 6.07) is -0.997. The number of carbonyl (C=O) groups is 2. The van der Waals surface area contributed by atoms with E-state index >= 15 is 0 Å². The summed E-state index contributed by atoms with van der Waals surface area (Å²) in [5, 5.41) is 11.8. The van der Waals surface area contributed by atoms with Gasteiger partial charge in [-0.3, -0.25) is 0 Å². The standard InChI is InChI=1S/C12H22N2O4/c1-2-18-9-7-13-12(17)14-8-5-3-4-6-10(14)11(15)16/h10H,2-9H2,1H3,(H,13,17)(H,15,16). The summed E-state index contributed by atoms with van der Waals surface area (Å²) in [4.78, 5) is 24.5. The van der Waals surface area contributed by atoms with Crippen molar-refractivity contribution in [2.45, 2.75) is 38.6 Å². The lowest BCUT2D eigenvalue weighted by Gasteiger charge is -2.27. The van der Waals surface area contributed by atoms with Crippen LogP contribution in [0.15, 0.2) is 0 Å². The van der Waals surface area contributed by atoms with Crippen LogP contribution in [0.5, 0.6) is 0 Å². The lowest BCUT2D eigenvalue weighted by atomic mass is 10.1. The Balaban J connectivity index is 2.48. The first-order chi connectivity index (χ1) is 8.66. The lowest BCUT2D eigenvalue weighted by Crippen LogP contribution is -2.49. The Morgan fingerprint density at radius 1 is 1.39 bits per heavy atom. The van der Waals surface area contributed by atoms with Gasteiger partial charge in [-0.15, -0.1) is 0 Å². The summed E-state index contributed by atoms with van der Waals surface area (Å²) in [5.74, 6) is -0.920. The third-order valence-corrected chi connectivity index (χ3v) is 3.03. The number of nitrogens with one attached hydrogen (secondary N) is 1. The van der Waals surface area contributed by atoms with E-state index in [1.165, 1.54) is 4.90 Å². The number of rotatable bonds is 5. The van der Waals surface area contributed by atoms with Gasteiger partial charge >= 0.3 is 12.0 Å². The van der Waals surface area contributed by atoms with E-state index in [0.717, 1.165) is 19.3 Å². The van der Waals surface area contributed by atoms with Crippen LogP contribution in [0.1, 0.15) is 32.6 Å². The Bertz CT molecular complexity index is 283. The Morgan fingerprint density at radius 3 is 2.83 bits per heavy atom. The molecule has 104 valence electrons. The molecule has 6 heteroatoms. The Kier molecular flexibility index (Phi) is 6.49. The molecule has 0 aromatic rings. The number of hydrogen-bond acceptors (Lipinski definition) is 3. The van der Waals surface area contributed by atoms with E-state index in [4.69, 9.17) is 9.84 Å². The number of urea groups is 1. The van der Waals surface area contributed by atoms with Crippen LogP contribution in [0.3, 0.4) is 0 Å². The molecule has 1 atom stereocenters. The highest BCUT2D eigenvalue weighted by molar-refractivity contribution is 5.82. The molecule has 0 aliphatic carbocycles. The fraction of sp³-hybridized carbons (Fsp3) is 0.833. The number of ether oxygens (including phenoxy) is 1. The normalized spacial score (nSPS) is 20.3. The molecule has 2 amide bonds. The maximum Gasteiger partial charge on any atom is 0.326 e. The molecule has 1 aliphatic heterocycles. The molecule has 0 saturated carbocycles. The van der Waals surface area contributed by atoms with E-state index in [-0.39, 0.29) is 6.03 Å². The predicted molar refractivity (Wildman–Crippen MR) is 66.5 cm³/mol. The molecule has 0 radical (unpaired) electrons. The molecule has 1 rings (SSSR count). The van der Waals surface area contributed by atoms with E-state index < -0.39 is 12.0 Å². The van der Waals surface area contributed by atoms with Crippen molar-refractivity contribution in [2.75, 3.05) is 26.3 Å². The van der Waals surface area contributed by atoms with Gasteiger partial charge in [0, 0.05) is 19.7 Å². The molecule has 1 saturated heterocycles. The third kappa shape index (κ3) is 4.52. The van der Waals surface area contributed by atoms with Crippen molar-refractivity contribution in [3.05, 3.63) is 0 Å². The van der Waals surface area contributed by atoms with Crippen LogP contribution in [0.2, 0.25) is 0 Å². The van der Waals surface area contributed by atoms with Crippen LogP contribution >= 0.6 is 0 Å². The summed E-state index contributed by atoms with van der Waals surface area (Å²) < 4.78 is 5.12. The van der Waals surface area contributed by atoms with E-state index in [2.05, 4.69) is 5.32 Å². The second-order valence-corrected chi connectivity index (χ2v) is 4.33. The minimum Gasteiger partial charge on any atom is -0.480 e. The highest BCUT2D eigenvalue weighted by Gasteiger charge is 2.30. The van der Waals surface area contributed by atoms with E-state index in [1.807, 2.05) is 6.92 Å². The number of nitrogens with zero attached hydrogens (tertiary/aromatic N) is 1. The largest absolute Gasteiger partial charge is 0.480 e. The van der Waals surface area contributed by atoms with Crippen LogP contribution in [0.4, 0.5) is 4.79 Å². The highest BCUT2D eigenvalue weighted by atomic mass is 16.5. The summed E-state index contributed by atoms with van der Waals surface area (Å²) >= 11 is 0. The molecule has 0 bridgehead atoms. The fourth-order valence-electron chi connectivity index (χ4n) is 2.08. The molecule has 0 aromatic carbocycles. The Morgan fingerprint density at radius 2 is 2.17 bits per heavy atom. The fourth-order valence-corrected chi connectivity index (χ4v) is 2.08. The number of aliphatic carboxylic acids is 1. The maximum absolute atomic E-state index is 11.9. The first-order valence-corrected chi connectivity index (χ1v) is 6.51. The van der Waals surface area contributed by atoms with Crippen molar-refractivity contribution in [3.8, 4) is 0 Å². The minimum absolute atomic E-state index is 0.302. The summed E-state index contributed by atoms with van der Waals surface area (Å²) in [6.07, 6.45) is 3.24. The SMILES string of the molecule is CCOCCNC(=O)N1CCCCCC1C(=O)O. The van der Waals surface area contributed by atoms with Gasteiger partial charge in [0.15, 0.2) is 0 Å². The zero-order chi connectivity index (χ0) is 13.4. The number of carboxylic acid groups (broad SMARTS) is 1. The summed E-state index contributed by atoms with van der Waals surface area (Å²) in [7, 11) is 0. The van der Waals surface area contributed by atoms with Crippen LogP contribution in [-0.2, 0) is 9.53 Å². The van der Waals surface area contributed by atoms with E-state index in [1.54, 1.807) is 0 Å². The third-order valence-electron chi connectivity index (χ3n) is 3.03. The first-order valence-electron chi connectivity index (χ1n) is 6.51. The molecular formula is C12H22N2O4. The number of amides is 2. The smallest absolute Gasteiger partial charge is 0.326 e. The minimum atomic E-state index is -0.920. The molecule has 1 unspecified atom stereocenters. The van der Waals surface area contributed by atoms with Gasteiger partial charge in [-0.25, -0.2) is 9.59 Å². The van der Waals surface area contributed by atoms with Gasteiger partial charge in [0.2, 0.25) is 0 Å². The monoisotopic (exact) mass is 258 g/mol. The van der Waals surface area contributed by atoms with Crippen molar-refractivity contribution in [3.63, 3.8) is 0 Å². The van der Waals surface area contributed by atoms with E-state index in [0.29, 0.717) is 32.7 Å². The molecule has 1 aliphatic rings. The van der Waals surface area contributed by atoms with Gasteiger partial charge in [-0.05, 0) is 19.8 Å². The van der Waals surface area contributed by atoms with Crippen molar-refractivity contribution in [2.24, 2.45) is 0 Å². The molecule has 6 nitrogen and oxygen atoms in total. The molecule has 0 aromatic heterocycles. The van der Waals surface area contributed by atoms with Crippen LogP contribution in [-0.4, -0.2) is 54.4 Å². The van der Waals surface area contributed by atoms with Gasteiger partial charge < -0.3 is 20.1 Å². The average Bonchev–Trinajstić information content (AvgIpc) is 2.59. The zero-order valence-electron chi connectivity index (χ0n) is 10.9. The maximum atomic E-state index is 11.9. The van der Waals surface area contributed by atoms with Crippen molar-refractivity contribution in [1.82, 2.24) is 10.2 Å². The summed E-state index contributed by atoms with van der Waals surface area (Å²) in [5.41, 5.74) is 0. The van der Waals surface area contributed by atoms with Gasteiger partial charge in [0.25, 0.3) is 0 Å². The number of carboxylic acids is 1. The number of carbonyl (C=O) groups excluding carboxylic acids is 1. The van der Waals surface area contributed by atoms with Gasteiger partial charge in [0.05, 0.1) is 6.61 Å². The second kappa shape index (κ2) is 7.92. The van der Waals surface area contributed by atoms with E-state index in [9.17, 15) is 9.59 Å². The predicted octanol–water partition coefficient (Wildman–Crippen LogP) is 1.06. The van der Waals surface area contributed by atoms with Gasteiger partial charge in [-0.2, -0.15) is 0 Å². The van der Waals surface area contributed by atoms with Crippen molar-refractivity contribution in [1.29, 1.82) is 0 Å². The van der Waals surface area contributed by atoms with Crippen LogP contribution in [0, 0.1) is 0 Å². The number of likely N-dealkylation sites (tertiary alicyclic amines) is 1. The van der Waals surface area contributed by atoms with Crippen molar-refractivity contribution >= 4 is 12.0 Å². The summed E-state index contributed by atoms with van der Waals surface area (Å²) in [6.45, 7) is 3.87. The molecule has 1 heterocycles. The van der Waals surface area contributed by atoms with Crippen LogP contribution in [0.25, 0.3) is 0 Å². The zero-order valence-corrected chi connectivity index (χ0v) is 10.9. The Hall–Kier alpha value is -1.30. The molecule has 0 spiro atoms.